The number of pyridine rings is 1. The molecular formula is C13H20N2O4. The van der Waals surface area contributed by atoms with Gasteiger partial charge in [-0.15, -0.1) is 0 Å². The zero-order chi connectivity index (χ0) is 14.5. The Morgan fingerprint density at radius 1 is 1.58 bits per heavy atom. The third kappa shape index (κ3) is 4.84. The minimum Gasteiger partial charge on any atom is -0.388 e. The summed E-state index contributed by atoms with van der Waals surface area (Å²) >= 11 is 0. The van der Waals surface area contributed by atoms with E-state index in [0.717, 1.165) is 0 Å². The van der Waals surface area contributed by atoms with Crippen molar-refractivity contribution in [3.8, 4) is 0 Å². The molecule has 0 aromatic carbocycles. The van der Waals surface area contributed by atoms with E-state index in [4.69, 9.17) is 4.74 Å². The Labute approximate surface area is 112 Å². The van der Waals surface area contributed by atoms with E-state index in [1.807, 2.05) is 0 Å². The number of carbonyl (C=O) groups is 1. The third-order valence-electron chi connectivity index (χ3n) is 2.84. The van der Waals surface area contributed by atoms with Crippen molar-refractivity contribution in [2.75, 3.05) is 20.3 Å². The summed E-state index contributed by atoms with van der Waals surface area (Å²) in [4.78, 5) is 23.2. The molecule has 0 fully saturated rings. The molecule has 0 aliphatic carbocycles. The maximum atomic E-state index is 11.8. The first-order valence-electron chi connectivity index (χ1n) is 6.02. The fourth-order valence-corrected chi connectivity index (χ4v) is 1.47. The number of aryl methyl sites for hydroxylation is 1. The highest BCUT2D eigenvalue weighted by molar-refractivity contribution is 5.94. The maximum absolute atomic E-state index is 11.8. The van der Waals surface area contributed by atoms with E-state index in [9.17, 15) is 14.7 Å². The topological polar surface area (TPSA) is 80.6 Å². The van der Waals surface area contributed by atoms with Crippen molar-refractivity contribution in [1.29, 1.82) is 0 Å². The first-order chi connectivity index (χ1) is 8.85. The molecule has 0 aliphatic heterocycles. The van der Waals surface area contributed by atoms with Crippen molar-refractivity contribution < 1.29 is 14.6 Å². The molecule has 1 heterocycles. The summed E-state index contributed by atoms with van der Waals surface area (Å²) in [7, 11) is 3.16. The van der Waals surface area contributed by atoms with Crippen molar-refractivity contribution in [2.24, 2.45) is 7.05 Å². The van der Waals surface area contributed by atoms with Crippen LogP contribution in [0.5, 0.6) is 0 Å². The highest BCUT2D eigenvalue weighted by Crippen LogP contribution is 2.08. The minimum absolute atomic E-state index is 0.102. The quantitative estimate of drug-likeness (QED) is 0.755. The Hall–Kier alpha value is -1.66. The number of rotatable bonds is 6. The van der Waals surface area contributed by atoms with E-state index in [2.05, 4.69) is 5.32 Å². The van der Waals surface area contributed by atoms with E-state index in [-0.39, 0.29) is 23.6 Å². The number of amides is 1. The number of ether oxygens (including phenoxy) is 1. The van der Waals surface area contributed by atoms with Gasteiger partial charge in [-0.3, -0.25) is 9.59 Å². The van der Waals surface area contributed by atoms with Crippen LogP contribution in [0.4, 0.5) is 0 Å². The molecule has 2 N–H and O–H groups in total. The van der Waals surface area contributed by atoms with Gasteiger partial charge >= 0.3 is 0 Å². The lowest BCUT2D eigenvalue weighted by molar-refractivity contribution is 0.0243. The zero-order valence-corrected chi connectivity index (χ0v) is 11.5. The summed E-state index contributed by atoms with van der Waals surface area (Å²) < 4.78 is 6.26. The molecule has 1 atom stereocenters. The van der Waals surface area contributed by atoms with Gasteiger partial charge in [-0.05, 0) is 13.0 Å². The van der Waals surface area contributed by atoms with Crippen molar-refractivity contribution >= 4 is 5.91 Å². The van der Waals surface area contributed by atoms with Gasteiger partial charge in [-0.1, -0.05) is 0 Å². The van der Waals surface area contributed by atoms with Gasteiger partial charge in [-0.25, -0.2) is 0 Å². The van der Waals surface area contributed by atoms with Crippen LogP contribution < -0.4 is 10.9 Å². The molecule has 19 heavy (non-hydrogen) atoms. The monoisotopic (exact) mass is 268 g/mol. The van der Waals surface area contributed by atoms with Crippen LogP contribution in [0.15, 0.2) is 23.1 Å². The smallest absolute Gasteiger partial charge is 0.251 e. The SMILES string of the molecule is COCCC(C)(O)CNC(=O)c1ccn(C)c(=O)c1. The molecule has 106 valence electrons. The molecule has 0 radical (unpaired) electrons. The van der Waals surface area contributed by atoms with Crippen molar-refractivity contribution in [3.63, 3.8) is 0 Å². The third-order valence-corrected chi connectivity index (χ3v) is 2.84. The second kappa shape index (κ2) is 6.49. The molecule has 0 aliphatic rings. The average Bonchev–Trinajstić information content (AvgIpc) is 2.37. The number of carbonyl (C=O) groups excluding carboxylic acids is 1. The number of nitrogens with one attached hydrogen (secondary N) is 1. The molecular weight excluding hydrogens is 248 g/mol. The summed E-state index contributed by atoms with van der Waals surface area (Å²) in [6.07, 6.45) is 1.95. The lowest BCUT2D eigenvalue weighted by Crippen LogP contribution is -2.41. The van der Waals surface area contributed by atoms with E-state index < -0.39 is 5.60 Å². The molecule has 0 spiro atoms. The first-order valence-corrected chi connectivity index (χ1v) is 6.02. The van der Waals surface area contributed by atoms with Crippen molar-refractivity contribution in [2.45, 2.75) is 18.9 Å². The molecule has 1 rings (SSSR count). The Kier molecular flexibility index (Phi) is 5.26. The fraction of sp³-hybridized carbons (Fsp3) is 0.538. The highest BCUT2D eigenvalue weighted by atomic mass is 16.5. The number of hydrogen-bond donors (Lipinski definition) is 2. The van der Waals surface area contributed by atoms with Crippen LogP contribution in [0, 0.1) is 0 Å². The molecule has 6 nitrogen and oxygen atoms in total. The van der Waals surface area contributed by atoms with Crippen LogP contribution in [0.2, 0.25) is 0 Å². The van der Waals surface area contributed by atoms with Crippen LogP contribution >= 0.6 is 0 Å². The normalized spacial score (nSPS) is 13.9. The van der Waals surface area contributed by atoms with Gasteiger partial charge < -0.3 is 19.7 Å². The zero-order valence-electron chi connectivity index (χ0n) is 11.5. The number of nitrogens with zero attached hydrogens (tertiary/aromatic N) is 1. The molecule has 1 unspecified atom stereocenters. The van der Waals surface area contributed by atoms with E-state index >= 15 is 0 Å². The molecule has 1 aromatic heterocycles. The maximum Gasteiger partial charge on any atom is 0.251 e. The summed E-state index contributed by atoms with van der Waals surface area (Å²) in [5, 5.41) is 12.6. The summed E-state index contributed by atoms with van der Waals surface area (Å²) in [5.74, 6) is -0.379. The average molecular weight is 268 g/mol. The van der Waals surface area contributed by atoms with Crippen molar-refractivity contribution in [1.82, 2.24) is 9.88 Å². The number of methoxy groups -OCH3 is 1. The minimum atomic E-state index is -1.04. The predicted molar refractivity (Wildman–Crippen MR) is 71.1 cm³/mol. The number of hydrogen-bond acceptors (Lipinski definition) is 4. The van der Waals surface area contributed by atoms with Gasteiger partial charge in [0.25, 0.3) is 11.5 Å². The fourth-order valence-electron chi connectivity index (χ4n) is 1.47. The van der Waals surface area contributed by atoms with Crippen LogP contribution in [-0.4, -0.2) is 41.4 Å². The first kappa shape index (κ1) is 15.4. The van der Waals surface area contributed by atoms with Crippen LogP contribution in [-0.2, 0) is 11.8 Å². The van der Waals surface area contributed by atoms with Gasteiger partial charge in [0.1, 0.15) is 0 Å². The van der Waals surface area contributed by atoms with E-state index in [0.29, 0.717) is 13.0 Å². The second-order valence-electron chi connectivity index (χ2n) is 4.79. The Bertz CT molecular complexity index is 494. The van der Waals surface area contributed by atoms with E-state index in [1.165, 1.54) is 16.8 Å². The van der Waals surface area contributed by atoms with Gasteiger partial charge in [-0.2, -0.15) is 0 Å². The lowest BCUT2D eigenvalue weighted by atomic mass is 10.0. The molecule has 1 aromatic rings. The Balaban J connectivity index is 2.60. The van der Waals surface area contributed by atoms with Crippen LogP contribution in [0.1, 0.15) is 23.7 Å². The van der Waals surface area contributed by atoms with Crippen LogP contribution in [0.3, 0.4) is 0 Å². The summed E-state index contributed by atoms with van der Waals surface area (Å²) in [6.45, 7) is 2.13. The number of aromatic nitrogens is 1. The Morgan fingerprint density at radius 2 is 2.26 bits per heavy atom. The van der Waals surface area contributed by atoms with Crippen molar-refractivity contribution in [3.05, 3.63) is 34.2 Å². The number of aliphatic hydroxyl groups is 1. The van der Waals surface area contributed by atoms with Gasteiger partial charge in [0.2, 0.25) is 0 Å². The predicted octanol–water partition coefficient (Wildman–Crippen LogP) is -0.0974. The van der Waals surface area contributed by atoms with Gasteiger partial charge in [0.15, 0.2) is 0 Å². The molecule has 0 bridgehead atoms. The van der Waals surface area contributed by atoms with Gasteiger partial charge in [0, 0.05) is 51.6 Å². The highest BCUT2D eigenvalue weighted by Gasteiger charge is 2.21. The molecule has 6 heteroatoms. The standard InChI is InChI=1S/C13H20N2O4/c1-13(18,5-7-19-3)9-14-12(17)10-4-6-15(2)11(16)8-10/h4,6,8,18H,5,7,9H2,1-3H3,(H,14,17). The van der Waals surface area contributed by atoms with Gasteiger partial charge in [0.05, 0.1) is 5.60 Å². The molecule has 0 saturated carbocycles. The lowest BCUT2D eigenvalue weighted by Gasteiger charge is -2.23. The Morgan fingerprint density at radius 3 is 2.84 bits per heavy atom. The summed E-state index contributed by atoms with van der Waals surface area (Å²) in [6, 6.07) is 2.82. The van der Waals surface area contributed by atoms with Crippen LogP contribution in [0.25, 0.3) is 0 Å². The van der Waals surface area contributed by atoms with E-state index in [1.54, 1.807) is 27.1 Å². The molecule has 1 amide bonds. The molecule has 0 saturated heterocycles. The second-order valence-corrected chi connectivity index (χ2v) is 4.79. The largest absolute Gasteiger partial charge is 0.388 e. The summed E-state index contributed by atoms with van der Waals surface area (Å²) in [5.41, 5.74) is -1.00.